The second-order valence-corrected chi connectivity index (χ2v) is 6.15. The van der Waals surface area contributed by atoms with Gasteiger partial charge in [-0.2, -0.15) is 0 Å². The van der Waals surface area contributed by atoms with E-state index in [2.05, 4.69) is 0 Å². The number of unbranched alkanes of at least 4 members (excludes halogenated alkanes) is 1. The number of benzene rings is 1. The van der Waals surface area contributed by atoms with Crippen LogP contribution >= 0.6 is 0 Å². The SMILES string of the molecule is CCCCC(C(=O)O)S(=O)c1ccc(C)c(C)c1. The van der Waals surface area contributed by atoms with Crippen molar-refractivity contribution in [2.45, 2.75) is 50.2 Å². The number of hydrogen-bond donors (Lipinski definition) is 1. The molecule has 1 N–H and O–H groups in total. The van der Waals surface area contributed by atoms with Crippen molar-refractivity contribution < 1.29 is 14.1 Å². The first-order valence-electron chi connectivity index (χ1n) is 6.18. The van der Waals surface area contributed by atoms with E-state index in [1.54, 1.807) is 6.07 Å². The fourth-order valence-corrected chi connectivity index (χ4v) is 3.10. The number of carboxylic acids is 1. The van der Waals surface area contributed by atoms with Crippen molar-refractivity contribution in [2.24, 2.45) is 0 Å². The van der Waals surface area contributed by atoms with Crippen LogP contribution in [0, 0.1) is 13.8 Å². The van der Waals surface area contributed by atoms with Crippen molar-refractivity contribution in [3.8, 4) is 0 Å². The van der Waals surface area contributed by atoms with Crippen LogP contribution < -0.4 is 0 Å². The van der Waals surface area contributed by atoms with Crippen molar-refractivity contribution in [1.29, 1.82) is 0 Å². The van der Waals surface area contributed by atoms with Gasteiger partial charge in [-0.05, 0) is 43.5 Å². The zero-order valence-corrected chi connectivity index (χ0v) is 11.9. The van der Waals surface area contributed by atoms with E-state index in [1.165, 1.54) is 0 Å². The third-order valence-electron chi connectivity index (χ3n) is 3.06. The highest BCUT2D eigenvalue weighted by Crippen LogP contribution is 2.19. The van der Waals surface area contributed by atoms with Gasteiger partial charge in [0.25, 0.3) is 0 Å². The molecular formula is C14H20O3S. The molecule has 2 atom stereocenters. The number of hydrogen-bond acceptors (Lipinski definition) is 2. The molecule has 0 radical (unpaired) electrons. The molecule has 0 aliphatic rings. The Morgan fingerprint density at radius 2 is 2.00 bits per heavy atom. The lowest BCUT2D eigenvalue weighted by molar-refractivity contribution is -0.136. The van der Waals surface area contributed by atoms with Crippen molar-refractivity contribution in [1.82, 2.24) is 0 Å². The molecule has 18 heavy (non-hydrogen) atoms. The summed E-state index contributed by atoms with van der Waals surface area (Å²) in [5, 5.41) is 8.36. The molecule has 0 bridgehead atoms. The maximum Gasteiger partial charge on any atom is 0.319 e. The molecule has 2 unspecified atom stereocenters. The summed E-state index contributed by atoms with van der Waals surface area (Å²) < 4.78 is 12.3. The lowest BCUT2D eigenvalue weighted by Gasteiger charge is -2.12. The number of carbonyl (C=O) groups is 1. The standard InChI is InChI=1S/C14H20O3S/c1-4-5-6-13(14(15)16)18(17)12-8-7-10(2)11(3)9-12/h7-9,13H,4-6H2,1-3H3,(H,15,16). The summed E-state index contributed by atoms with van der Waals surface area (Å²) in [5.41, 5.74) is 2.16. The fraction of sp³-hybridized carbons (Fsp3) is 0.500. The normalized spacial score (nSPS) is 14.2. The molecule has 0 aliphatic heterocycles. The van der Waals surface area contributed by atoms with Crippen LogP contribution in [0.2, 0.25) is 0 Å². The van der Waals surface area contributed by atoms with Gasteiger partial charge in [-0.1, -0.05) is 25.8 Å². The number of aliphatic carboxylic acids is 1. The van der Waals surface area contributed by atoms with E-state index in [-0.39, 0.29) is 0 Å². The Balaban J connectivity index is 2.94. The third-order valence-corrected chi connectivity index (χ3v) is 4.74. The molecule has 0 fully saturated rings. The number of carboxylic acid groups (broad SMARTS) is 1. The van der Waals surface area contributed by atoms with Crippen LogP contribution in [0.3, 0.4) is 0 Å². The first-order valence-corrected chi connectivity index (χ1v) is 7.39. The van der Waals surface area contributed by atoms with Gasteiger partial charge in [-0.25, -0.2) is 0 Å². The Labute approximate surface area is 111 Å². The molecule has 100 valence electrons. The van der Waals surface area contributed by atoms with Gasteiger partial charge in [0.1, 0.15) is 5.25 Å². The molecule has 0 aromatic heterocycles. The number of rotatable bonds is 6. The van der Waals surface area contributed by atoms with Crippen molar-refractivity contribution in [3.05, 3.63) is 29.3 Å². The minimum atomic E-state index is -1.47. The Morgan fingerprint density at radius 1 is 1.33 bits per heavy atom. The minimum absolute atomic E-state index is 0.464. The minimum Gasteiger partial charge on any atom is -0.480 e. The number of aryl methyl sites for hydroxylation is 2. The second kappa shape index (κ2) is 6.69. The van der Waals surface area contributed by atoms with E-state index in [4.69, 9.17) is 5.11 Å². The van der Waals surface area contributed by atoms with Crippen LogP contribution in [0.5, 0.6) is 0 Å². The highest BCUT2D eigenvalue weighted by molar-refractivity contribution is 7.86. The van der Waals surface area contributed by atoms with Gasteiger partial charge in [0.05, 0.1) is 10.8 Å². The van der Waals surface area contributed by atoms with Crippen LogP contribution in [0.1, 0.15) is 37.3 Å². The summed E-state index contributed by atoms with van der Waals surface area (Å²) in [6, 6.07) is 5.48. The lowest BCUT2D eigenvalue weighted by Crippen LogP contribution is -2.25. The Bertz CT molecular complexity index is 454. The van der Waals surface area contributed by atoms with E-state index < -0.39 is 22.0 Å². The first-order chi connectivity index (χ1) is 8.47. The van der Waals surface area contributed by atoms with Gasteiger partial charge in [-0.3, -0.25) is 9.00 Å². The monoisotopic (exact) mass is 268 g/mol. The maximum atomic E-state index is 12.3. The van der Waals surface area contributed by atoms with Crippen LogP contribution in [-0.2, 0) is 15.6 Å². The molecule has 0 amide bonds. The van der Waals surface area contributed by atoms with Gasteiger partial charge in [-0.15, -0.1) is 0 Å². The zero-order chi connectivity index (χ0) is 13.7. The van der Waals surface area contributed by atoms with Crippen LogP contribution in [0.15, 0.2) is 23.1 Å². The Morgan fingerprint density at radius 3 is 2.50 bits per heavy atom. The predicted octanol–water partition coefficient (Wildman–Crippen LogP) is 3.05. The van der Waals surface area contributed by atoms with E-state index in [0.717, 1.165) is 24.0 Å². The van der Waals surface area contributed by atoms with Crippen LogP contribution in [-0.4, -0.2) is 20.5 Å². The van der Waals surface area contributed by atoms with Crippen LogP contribution in [0.4, 0.5) is 0 Å². The summed E-state index contributed by atoms with van der Waals surface area (Å²) in [6.07, 6.45) is 2.16. The van der Waals surface area contributed by atoms with Gasteiger partial charge in [0.15, 0.2) is 0 Å². The molecule has 3 nitrogen and oxygen atoms in total. The van der Waals surface area contributed by atoms with Gasteiger partial charge in [0, 0.05) is 4.90 Å². The topological polar surface area (TPSA) is 54.4 Å². The summed E-state index contributed by atoms with van der Waals surface area (Å²) in [4.78, 5) is 11.8. The lowest BCUT2D eigenvalue weighted by atomic mass is 10.1. The first kappa shape index (κ1) is 14.9. The van der Waals surface area contributed by atoms with E-state index in [1.807, 2.05) is 32.9 Å². The molecular weight excluding hydrogens is 248 g/mol. The predicted molar refractivity (Wildman–Crippen MR) is 73.3 cm³/mol. The highest BCUT2D eigenvalue weighted by Gasteiger charge is 2.25. The molecule has 1 rings (SSSR count). The molecule has 4 heteroatoms. The van der Waals surface area contributed by atoms with E-state index in [9.17, 15) is 9.00 Å². The highest BCUT2D eigenvalue weighted by atomic mass is 32.2. The second-order valence-electron chi connectivity index (χ2n) is 4.51. The smallest absolute Gasteiger partial charge is 0.319 e. The molecule has 0 saturated heterocycles. The zero-order valence-electron chi connectivity index (χ0n) is 11.1. The van der Waals surface area contributed by atoms with Crippen LogP contribution in [0.25, 0.3) is 0 Å². The average molecular weight is 268 g/mol. The Hall–Kier alpha value is -1.16. The fourth-order valence-electron chi connectivity index (χ4n) is 1.71. The summed E-state index contributed by atoms with van der Waals surface area (Å²) >= 11 is 0. The third kappa shape index (κ3) is 3.67. The van der Waals surface area contributed by atoms with Crippen molar-refractivity contribution in [3.63, 3.8) is 0 Å². The largest absolute Gasteiger partial charge is 0.480 e. The summed E-state index contributed by atoms with van der Waals surface area (Å²) in [7, 11) is -1.47. The van der Waals surface area contributed by atoms with E-state index in [0.29, 0.717) is 11.3 Å². The quantitative estimate of drug-likeness (QED) is 0.862. The van der Waals surface area contributed by atoms with E-state index >= 15 is 0 Å². The molecule has 0 spiro atoms. The van der Waals surface area contributed by atoms with Crippen molar-refractivity contribution in [2.75, 3.05) is 0 Å². The van der Waals surface area contributed by atoms with Crippen molar-refractivity contribution >= 4 is 16.8 Å². The molecule has 0 aliphatic carbocycles. The molecule has 1 aromatic rings. The maximum absolute atomic E-state index is 12.3. The van der Waals surface area contributed by atoms with Gasteiger partial charge >= 0.3 is 5.97 Å². The molecule has 1 aromatic carbocycles. The van der Waals surface area contributed by atoms with Gasteiger partial charge in [0.2, 0.25) is 0 Å². The summed E-state index contributed by atoms with van der Waals surface area (Å²) in [6.45, 7) is 5.92. The molecule has 0 heterocycles. The van der Waals surface area contributed by atoms with Gasteiger partial charge < -0.3 is 5.11 Å². The molecule has 0 saturated carbocycles. The average Bonchev–Trinajstić information content (AvgIpc) is 2.32. The summed E-state index contributed by atoms with van der Waals surface area (Å²) in [5.74, 6) is -0.972. The Kier molecular flexibility index (Phi) is 5.54.